The predicted octanol–water partition coefficient (Wildman–Crippen LogP) is 0.507. The molecule has 0 saturated carbocycles. The van der Waals surface area contributed by atoms with Crippen molar-refractivity contribution >= 4 is 44.1 Å². The SMILES string of the molecule is COS(=O)(=O)[O-].C[n+]1c2ccccc2cc2c(CNC(CCCN=C(N)N)C(=O)O)cccc21. The Bertz CT molecular complexity index is 1280. The van der Waals surface area contributed by atoms with Crippen molar-refractivity contribution in [3.05, 3.63) is 54.1 Å². The largest absolute Gasteiger partial charge is 0.726 e. The normalized spacial score (nSPS) is 12.1. The molecule has 0 radical (unpaired) electrons. The van der Waals surface area contributed by atoms with Gasteiger partial charge in [0.05, 0.1) is 12.5 Å². The van der Waals surface area contributed by atoms with Gasteiger partial charge in [-0.25, -0.2) is 8.42 Å². The number of carboxylic acid groups (broad SMARTS) is 1. The maximum absolute atomic E-state index is 11.6. The van der Waals surface area contributed by atoms with Crippen LogP contribution >= 0.6 is 0 Å². The topological polar surface area (TPSA) is 184 Å². The Labute approximate surface area is 198 Å². The predicted molar refractivity (Wildman–Crippen MR) is 128 cm³/mol. The van der Waals surface area contributed by atoms with Crippen molar-refractivity contribution < 1.29 is 31.6 Å². The first-order chi connectivity index (χ1) is 16.0. The molecule has 0 bridgehead atoms. The molecule has 1 unspecified atom stereocenters. The van der Waals surface area contributed by atoms with E-state index in [1.54, 1.807) is 0 Å². The molecule has 0 aliphatic heterocycles. The van der Waals surface area contributed by atoms with Crippen LogP contribution in [0.1, 0.15) is 18.4 Å². The van der Waals surface area contributed by atoms with Gasteiger partial charge in [-0.05, 0) is 30.5 Å². The Kier molecular flexibility index (Phi) is 9.69. The number of aryl methyl sites for hydroxylation is 1. The van der Waals surface area contributed by atoms with E-state index in [4.69, 9.17) is 11.5 Å². The lowest BCUT2D eigenvalue weighted by Gasteiger charge is -2.15. The maximum Gasteiger partial charge on any atom is 0.320 e. The number of nitrogens with zero attached hydrogens (tertiary/aromatic N) is 2. The second-order valence-electron chi connectivity index (χ2n) is 7.41. The van der Waals surface area contributed by atoms with E-state index >= 15 is 0 Å². The first-order valence-electron chi connectivity index (χ1n) is 10.4. The first-order valence-corrected chi connectivity index (χ1v) is 11.7. The molecular weight excluding hydrogens is 462 g/mol. The smallest absolute Gasteiger partial charge is 0.320 e. The summed E-state index contributed by atoms with van der Waals surface area (Å²) in [4.78, 5) is 15.5. The summed E-state index contributed by atoms with van der Waals surface area (Å²) in [5.74, 6) is -0.850. The van der Waals surface area contributed by atoms with Crippen LogP contribution in [0, 0.1) is 0 Å². The summed E-state index contributed by atoms with van der Waals surface area (Å²) in [6.45, 7) is 0.888. The van der Waals surface area contributed by atoms with Gasteiger partial charge in [-0.3, -0.25) is 14.0 Å². The van der Waals surface area contributed by atoms with Gasteiger partial charge in [-0.1, -0.05) is 24.3 Å². The lowest BCUT2D eigenvalue weighted by atomic mass is 10.0. The number of aliphatic imine (C=N–C) groups is 1. The Balaban J connectivity index is 0.000000604. The molecule has 0 spiro atoms. The minimum Gasteiger partial charge on any atom is -0.726 e. The third-order valence-corrected chi connectivity index (χ3v) is 5.53. The van der Waals surface area contributed by atoms with Crippen LogP contribution in [0.2, 0.25) is 0 Å². The molecule has 0 aliphatic rings. The van der Waals surface area contributed by atoms with E-state index in [1.807, 2.05) is 31.3 Å². The average Bonchev–Trinajstić information content (AvgIpc) is 2.78. The number of nitrogens with two attached hydrogens (primary N) is 2. The molecule has 1 heterocycles. The van der Waals surface area contributed by atoms with Gasteiger partial charge in [-0.15, -0.1) is 0 Å². The zero-order valence-electron chi connectivity index (χ0n) is 19.0. The zero-order valence-corrected chi connectivity index (χ0v) is 19.8. The molecule has 0 aliphatic carbocycles. The number of aliphatic carboxylic acids is 1. The van der Waals surface area contributed by atoms with Crippen molar-refractivity contribution in [2.24, 2.45) is 23.5 Å². The number of hydrogen-bond donors (Lipinski definition) is 4. The van der Waals surface area contributed by atoms with Crippen LogP contribution in [-0.2, 0) is 33.0 Å². The van der Waals surface area contributed by atoms with Crippen molar-refractivity contribution in [3.8, 4) is 0 Å². The fraction of sp³-hybridized carbons (Fsp3) is 0.318. The van der Waals surface area contributed by atoms with E-state index in [0.717, 1.165) is 34.5 Å². The summed E-state index contributed by atoms with van der Waals surface area (Å²) in [6, 6.07) is 15.8. The van der Waals surface area contributed by atoms with Gasteiger partial charge >= 0.3 is 5.97 Å². The number of pyridine rings is 1. The number of nitrogens with one attached hydrogen (secondary N) is 1. The molecule has 1 atom stereocenters. The van der Waals surface area contributed by atoms with E-state index in [2.05, 4.69) is 43.3 Å². The highest BCUT2D eigenvalue weighted by molar-refractivity contribution is 7.80. The van der Waals surface area contributed by atoms with Gasteiger partial charge in [0.15, 0.2) is 5.96 Å². The van der Waals surface area contributed by atoms with E-state index in [0.29, 0.717) is 25.9 Å². The molecule has 0 saturated heterocycles. The van der Waals surface area contributed by atoms with Crippen LogP contribution in [0.4, 0.5) is 0 Å². The lowest BCUT2D eigenvalue weighted by Crippen LogP contribution is -2.36. The molecule has 12 heteroatoms. The van der Waals surface area contributed by atoms with Crippen LogP contribution in [0.25, 0.3) is 21.8 Å². The number of rotatable bonds is 9. The Morgan fingerprint density at radius 2 is 1.85 bits per heavy atom. The second-order valence-corrected chi connectivity index (χ2v) is 8.56. The summed E-state index contributed by atoms with van der Waals surface area (Å²) >= 11 is 0. The number of para-hydroxylation sites is 1. The van der Waals surface area contributed by atoms with Gasteiger partial charge < -0.3 is 26.4 Å². The van der Waals surface area contributed by atoms with Gasteiger partial charge in [-0.2, -0.15) is 4.57 Å². The first kappa shape index (κ1) is 26.9. The van der Waals surface area contributed by atoms with E-state index < -0.39 is 22.4 Å². The molecule has 3 aromatic rings. The van der Waals surface area contributed by atoms with Crippen LogP contribution in [0.3, 0.4) is 0 Å². The summed E-state index contributed by atoms with van der Waals surface area (Å²) in [5, 5.41) is 14.9. The van der Waals surface area contributed by atoms with Crippen LogP contribution in [0.5, 0.6) is 0 Å². The fourth-order valence-corrected chi connectivity index (χ4v) is 3.46. The molecule has 1 aromatic heterocycles. The van der Waals surface area contributed by atoms with E-state index in [-0.39, 0.29) is 5.96 Å². The van der Waals surface area contributed by atoms with Gasteiger partial charge in [0, 0.05) is 30.6 Å². The van der Waals surface area contributed by atoms with Crippen molar-refractivity contribution in [1.29, 1.82) is 0 Å². The molecule has 0 amide bonds. The molecular formula is C22H29N5O6S. The minimum absolute atomic E-state index is 0.0238. The molecule has 6 N–H and O–H groups in total. The van der Waals surface area contributed by atoms with Crippen molar-refractivity contribution in [2.75, 3.05) is 13.7 Å². The number of guanidine groups is 1. The number of carboxylic acids is 1. The highest BCUT2D eigenvalue weighted by Gasteiger charge is 2.18. The van der Waals surface area contributed by atoms with Crippen molar-refractivity contribution in [1.82, 2.24) is 5.32 Å². The van der Waals surface area contributed by atoms with Crippen LogP contribution in [0.15, 0.2) is 53.5 Å². The monoisotopic (exact) mass is 491 g/mol. The molecule has 11 nitrogen and oxygen atoms in total. The van der Waals surface area contributed by atoms with Gasteiger partial charge in [0.2, 0.25) is 21.4 Å². The Hall–Kier alpha value is -3.32. The fourth-order valence-electron chi connectivity index (χ4n) is 3.46. The van der Waals surface area contributed by atoms with E-state index in [9.17, 15) is 22.9 Å². The summed E-state index contributed by atoms with van der Waals surface area (Å²) in [7, 11) is -1.56. The molecule has 184 valence electrons. The quantitative estimate of drug-likeness (QED) is 0.0629. The van der Waals surface area contributed by atoms with Crippen LogP contribution < -0.4 is 21.4 Å². The minimum atomic E-state index is -4.41. The van der Waals surface area contributed by atoms with E-state index in [1.165, 1.54) is 0 Å². The lowest BCUT2D eigenvalue weighted by molar-refractivity contribution is -0.617. The number of carbonyl (C=O) groups is 1. The standard InChI is InChI=1S/C21H25N5O2.CH4O4S/c1-26-18-9-3-2-6-14(18)12-16-15(7-4-10-19(16)26)13-25-17(20(27)28)8-5-11-24-21(22)23;1-5-6(2,3)4/h2-4,6-7,9-10,12,17,25H,5,8,11,13H2,1H3,(H4-,22,23,24,27,28);1H3,(H,2,3,4). The third-order valence-electron chi connectivity index (χ3n) is 5.12. The molecule has 0 fully saturated rings. The summed E-state index contributed by atoms with van der Waals surface area (Å²) < 4.78 is 33.2. The molecule has 3 rings (SSSR count). The van der Waals surface area contributed by atoms with Gasteiger partial charge in [0.1, 0.15) is 13.1 Å². The highest BCUT2D eigenvalue weighted by atomic mass is 32.3. The summed E-state index contributed by atoms with van der Waals surface area (Å²) in [6.07, 6.45) is 1.05. The van der Waals surface area contributed by atoms with Crippen LogP contribution in [-0.4, -0.2) is 49.7 Å². The molecule has 2 aromatic carbocycles. The molecule has 34 heavy (non-hydrogen) atoms. The average molecular weight is 492 g/mol. The second kappa shape index (κ2) is 12.2. The number of aromatic nitrogens is 1. The maximum atomic E-state index is 11.6. The Morgan fingerprint density at radius 3 is 2.47 bits per heavy atom. The number of hydrogen-bond acceptors (Lipinski definition) is 7. The highest BCUT2D eigenvalue weighted by Crippen LogP contribution is 2.21. The number of fused-ring (bicyclic) bond motifs is 2. The number of benzene rings is 2. The van der Waals surface area contributed by atoms with Crippen molar-refractivity contribution in [3.63, 3.8) is 0 Å². The van der Waals surface area contributed by atoms with Crippen molar-refractivity contribution in [2.45, 2.75) is 25.4 Å². The zero-order chi connectivity index (χ0) is 25.3. The van der Waals surface area contributed by atoms with Gasteiger partial charge in [0.25, 0.3) is 0 Å². The Morgan fingerprint density at radius 1 is 1.21 bits per heavy atom. The summed E-state index contributed by atoms with van der Waals surface area (Å²) in [5.41, 5.74) is 13.9. The third kappa shape index (κ3) is 7.92.